The molecule has 0 aromatic heterocycles. The molecule has 7 nitrogen and oxygen atoms in total. The van der Waals surface area contributed by atoms with E-state index in [1.807, 2.05) is 26.8 Å². The van der Waals surface area contributed by atoms with Crippen molar-refractivity contribution in [3.05, 3.63) is 92.9 Å². The van der Waals surface area contributed by atoms with Gasteiger partial charge in [0.15, 0.2) is 0 Å². The van der Waals surface area contributed by atoms with E-state index in [-0.39, 0.29) is 29.8 Å². The van der Waals surface area contributed by atoms with Crippen molar-refractivity contribution in [1.82, 2.24) is 10.2 Å². The molecular weight excluding hydrogens is 593 g/mol. The van der Waals surface area contributed by atoms with Gasteiger partial charge in [0, 0.05) is 33.2 Å². The number of sulfonamides is 1. The molecule has 0 saturated carbocycles. The van der Waals surface area contributed by atoms with Crippen LogP contribution >= 0.6 is 34.8 Å². The highest BCUT2D eigenvalue weighted by Crippen LogP contribution is 2.29. The molecule has 1 atom stereocenters. The predicted octanol–water partition coefficient (Wildman–Crippen LogP) is 6.48. The van der Waals surface area contributed by atoms with Gasteiger partial charge in [-0.1, -0.05) is 59.9 Å². The van der Waals surface area contributed by atoms with E-state index in [0.717, 1.165) is 9.87 Å². The average Bonchev–Trinajstić information content (AvgIpc) is 2.88. The summed E-state index contributed by atoms with van der Waals surface area (Å²) in [5.74, 6) is -0.961. The maximum absolute atomic E-state index is 14.1. The van der Waals surface area contributed by atoms with Crippen molar-refractivity contribution in [2.45, 2.75) is 57.6 Å². The van der Waals surface area contributed by atoms with Crippen molar-refractivity contribution in [2.24, 2.45) is 0 Å². The Morgan fingerprint density at radius 3 is 2.08 bits per heavy atom. The van der Waals surface area contributed by atoms with Crippen molar-refractivity contribution in [3.8, 4) is 0 Å². The largest absolute Gasteiger partial charge is 0.352 e. The Kier molecular flexibility index (Phi) is 10.9. The van der Waals surface area contributed by atoms with Gasteiger partial charge < -0.3 is 10.2 Å². The monoisotopic (exact) mass is 623 g/mol. The molecule has 0 heterocycles. The van der Waals surface area contributed by atoms with E-state index < -0.39 is 28.5 Å². The van der Waals surface area contributed by atoms with E-state index in [1.165, 1.54) is 29.2 Å². The maximum Gasteiger partial charge on any atom is 0.264 e. The van der Waals surface area contributed by atoms with Gasteiger partial charge in [-0.3, -0.25) is 13.9 Å². The molecule has 0 unspecified atom stereocenters. The topological polar surface area (TPSA) is 86.8 Å². The third-order valence-electron chi connectivity index (χ3n) is 6.18. The Morgan fingerprint density at radius 1 is 0.925 bits per heavy atom. The molecule has 0 bridgehead atoms. The first-order valence-corrected chi connectivity index (χ1v) is 15.3. The molecule has 3 rings (SSSR count). The molecule has 3 aromatic carbocycles. The number of rotatable bonds is 11. The Hall–Kier alpha value is -2.78. The van der Waals surface area contributed by atoms with Crippen LogP contribution < -0.4 is 9.62 Å². The molecule has 0 saturated heterocycles. The van der Waals surface area contributed by atoms with Crippen LogP contribution in [-0.2, 0) is 26.2 Å². The van der Waals surface area contributed by atoms with Gasteiger partial charge in [-0.2, -0.15) is 0 Å². The summed E-state index contributed by atoms with van der Waals surface area (Å²) in [5.41, 5.74) is 1.57. The fourth-order valence-corrected chi connectivity index (χ4v) is 6.25. The van der Waals surface area contributed by atoms with Crippen LogP contribution in [0.2, 0.25) is 15.1 Å². The standard InChI is InChI=1S/C29H32Cl3N3O4S/c1-5-27(29(37)33-19(2)3)34(17-24-25(31)10-7-11-26(24)32)28(36)18-35(22-9-6-8-20(4)16-22)40(38,39)23-14-12-21(30)13-15-23/h6-16,19,27H,5,17-18H2,1-4H3,(H,33,37)/t27-/m1/s1. The van der Waals surface area contributed by atoms with Gasteiger partial charge in [-0.25, -0.2) is 8.42 Å². The van der Waals surface area contributed by atoms with Gasteiger partial charge in [0.2, 0.25) is 11.8 Å². The minimum atomic E-state index is -4.20. The highest BCUT2D eigenvalue weighted by atomic mass is 35.5. The van der Waals surface area contributed by atoms with Gasteiger partial charge in [0.25, 0.3) is 10.0 Å². The van der Waals surface area contributed by atoms with Crippen LogP contribution in [0.5, 0.6) is 0 Å². The average molecular weight is 625 g/mol. The van der Waals surface area contributed by atoms with Gasteiger partial charge >= 0.3 is 0 Å². The lowest BCUT2D eigenvalue weighted by molar-refractivity contribution is -0.140. The summed E-state index contributed by atoms with van der Waals surface area (Å²) in [5, 5.41) is 3.89. The molecule has 0 aliphatic heterocycles. The predicted molar refractivity (Wildman–Crippen MR) is 162 cm³/mol. The Balaban J connectivity index is 2.11. The van der Waals surface area contributed by atoms with E-state index in [9.17, 15) is 18.0 Å². The Bertz CT molecular complexity index is 1440. The Morgan fingerprint density at radius 2 is 1.52 bits per heavy atom. The summed E-state index contributed by atoms with van der Waals surface area (Å²) in [6.45, 7) is 6.58. The molecule has 3 aromatic rings. The zero-order valence-electron chi connectivity index (χ0n) is 22.7. The van der Waals surface area contributed by atoms with Crippen LogP contribution in [0.15, 0.2) is 71.6 Å². The number of amides is 2. The first-order valence-electron chi connectivity index (χ1n) is 12.7. The molecule has 2 amide bonds. The van der Waals surface area contributed by atoms with Crippen LogP contribution in [-0.4, -0.2) is 43.8 Å². The molecule has 0 spiro atoms. The number of nitrogens with one attached hydrogen (secondary N) is 1. The summed E-state index contributed by atoms with van der Waals surface area (Å²) in [4.78, 5) is 28.6. The number of anilines is 1. The number of hydrogen-bond acceptors (Lipinski definition) is 4. The first kappa shape index (κ1) is 31.7. The quantitative estimate of drug-likeness (QED) is 0.265. The first-order chi connectivity index (χ1) is 18.8. The number of carbonyl (C=O) groups is 2. The third kappa shape index (κ3) is 7.69. The van der Waals surface area contributed by atoms with E-state index in [1.54, 1.807) is 43.3 Å². The smallest absolute Gasteiger partial charge is 0.264 e. The lowest BCUT2D eigenvalue weighted by Crippen LogP contribution is -2.53. The minimum absolute atomic E-state index is 0.0310. The van der Waals surface area contributed by atoms with E-state index in [4.69, 9.17) is 34.8 Å². The second-order valence-electron chi connectivity index (χ2n) is 9.61. The summed E-state index contributed by atoms with van der Waals surface area (Å²) in [7, 11) is -4.20. The SMILES string of the molecule is CC[C@H](C(=O)NC(C)C)N(Cc1c(Cl)cccc1Cl)C(=O)CN(c1cccc(C)c1)S(=O)(=O)c1ccc(Cl)cc1. The number of benzene rings is 3. The summed E-state index contributed by atoms with van der Waals surface area (Å²) >= 11 is 18.9. The number of aryl methyl sites for hydroxylation is 1. The van der Waals surface area contributed by atoms with E-state index >= 15 is 0 Å². The van der Waals surface area contributed by atoms with Gasteiger partial charge in [0.1, 0.15) is 12.6 Å². The second kappa shape index (κ2) is 13.7. The molecule has 0 aliphatic rings. The fourth-order valence-electron chi connectivity index (χ4n) is 4.20. The van der Waals surface area contributed by atoms with Crippen LogP contribution in [0.25, 0.3) is 0 Å². The molecular formula is C29H32Cl3N3O4S. The highest BCUT2D eigenvalue weighted by Gasteiger charge is 2.34. The van der Waals surface area contributed by atoms with E-state index in [0.29, 0.717) is 26.3 Å². The van der Waals surface area contributed by atoms with Gasteiger partial charge in [-0.05, 0) is 81.3 Å². The van der Waals surface area contributed by atoms with Crippen LogP contribution in [0.4, 0.5) is 5.69 Å². The van der Waals surface area contributed by atoms with Crippen LogP contribution in [0, 0.1) is 6.92 Å². The second-order valence-corrected chi connectivity index (χ2v) is 12.7. The zero-order chi connectivity index (χ0) is 29.6. The van der Waals surface area contributed by atoms with Crippen molar-refractivity contribution in [3.63, 3.8) is 0 Å². The van der Waals surface area contributed by atoms with Crippen LogP contribution in [0.3, 0.4) is 0 Å². The van der Waals surface area contributed by atoms with Crippen molar-refractivity contribution < 1.29 is 18.0 Å². The molecule has 214 valence electrons. The van der Waals surface area contributed by atoms with Gasteiger partial charge in [-0.15, -0.1) is 0 Å². The van der Waals surface area contributed by atoms with Crippen molar-refractivity contribution in [2.75, 3.05) is 10.8 Å². The highest BCUT2D eigenvalue weighted by molar-refractivity contribution is 7.92. The lowest BCUT2D eigenvalue weighted by Gasteiger charge is -2.34. The molecule has 40 heavy (non-hydrogen) atoms. The molecule has 0 radical (unpaired) electrons. The van der Waals surface area contributed by atoms with Crippen LogP contribution in [0.1, 0.15) is 38.3 Å². The number of carbonyl (C=O) groups excluding carboxylic acids is 2. The molecule has 1 N–H and O–H groups in total. The normalized spacial score (nSPS) is 12.2. The summed E-state index contributed by atoms with van der Waals surface area (Å²) in [6, 6.07) is 16.4. The third-order valence-corrected chi connectivity index (χ3v) is 8.93. The number of hydrogen-bond donors (Lipinski definition) is 1. The van der Waals surface area contributed by atoms with E-state index in [2.05, 4.69) is 5.32 Å². The van der Waals surface area contributed by atoms with Crippen molar-refractivity contribution >= 4 is 62.3 Å². The zero-order valence-corrected chi connectivity index (χ0v) is 25.8. The Labute approximate surface area is 251 Å². The number of halogens is 3. The molecule has 11 heteroatoms. The van der Waals surface area contributed by atoms with Gasteiger partial charge in [0.05, 0.1) is 10.6 Å². The minimum Gasteiger partial charge on any atom is -0.352 e. The number of nitrogens with zero attached hydrogens (tertiary/aromatic N) is 2. The molecule has 0 fully saturated rings. The fraction of sp³-hybridized carbons (Fsp3) is 0.310. The molecule has 0 aliphatic carbocycles. The summed E-state index contributed by atoms with van der Waals surface area (Å²) in [6.07, 6.45) is 0.279. The summed E-state index contributed by atoms with van der Waals surface area (Å²) < 4.78 is 28.8. The van der Waals surface area contributed by atoms with Crippen molar-refractivity contribution in [1.29, 1.82) is 0 Å². The lowest BCUT2D eigenvalue weighted by atomic mass is 10.1. The maximum atomic E-state index is 14.1.